The van der Waals surface area contributed by atoms with Crippen molar-refractivity contribution in [2.75, 3.05) is 19.5 Å². The van der Waals surface area contributed by atoms with Gasteiger partial charge in [-0.15, -0.1) is 0 Å². The van der Waals surface area contributed by atoms with E-state index in [9.17, 15) is 19.2 Å². The van der Waals surface area contributed by atoms with Gasteiger partial charge < -0.3 is 14.8 Å². The Balaban J connectivity index is 1.94. The number of carbonyl (C=O) groups is 2. The lowest BCUT2D eigenvalue weighted by molar-refractivity contribution is -0.116. The van der Waals surface area contributed by atoms with Gasteiger partial charge in [-0.2, -0.15) is 0 Å². The molecule has 0 saturated heterocycles. The molecule has 0 saturated carbocycles. The highest BCUT2D eigenvalue weighted by atomic mass is 16.5. The first-order valence-electron chi connectivity index (χ1n) is 11.0. The van der Waals surface area contributed by atoms with Gasteiger partial charge in [0.05, 0.1) is 36.5 Å². The maximum absolute atomic E-state index is 13.6. The molecule has 1 N–H and O–H groups in total. The second kappa shape index (κ2) is 9.87. The Hall–Kier alpha value is -4.73. The summed E-state index contributed by atoms with van der Waals surface area (Å²) in [5.74, 6) is -0.965. The Morgan fingerprint density at radius 2 is 1.72 bits per heavy atom. The van der Waals surface area contributed by atoms with Gasteiger partial charge in [-0.1, -0.05) is 24.3 Å². The average molecular weight is 489 g/mol. The van der Waals surface area contributed by atoms with Crippen LogP contribution < -0.4 is 21.3 Å². The molecule has 36 heavy (non-hydrogen) atoms. The van der Waals surface area contributed by atoms with Crippen LogP contribution in [0.15, 0.2) is 64.2 Å². The number of aromatic nitrogens is 3. The van der Waals surface area contributed by atoms with E-state index >= 15 is 0 Å². The number of hydrogen-bond acceptors (Lipinski definition) is 7. The molecule has 0 bridgehead atoms. The fourth-order valence-electron chi connectivity index (χ4n) is 3.94. The van der Waals surface area contributed by atoms with Crippen molar-refractivity contribution in [1.29, 1.82) is 0 Å². The number of benzene rings is 2. The summed E-state index contributed by atoms with van der Waals surface area (Å²) in [6.07, 6.45) is 0. The van der Waals surface area contributed by atoms with Crippen molar-refractivity contribution in [2.24, 2.45) is 0 Å². The number of nitrogens with one attached hydrogen (secondary N) is 1. The molecule has 2 aromatic heterocycles. The predicted molar refractivity (Wildman–Crippen MR) is 134 cm³/mol. The van der Waals surface area contributed by atoms with E-state index < -0.39 is 29.7 Å². The van der Waals surface area contributed by atoms with E-state index in [-0.39, 0.29) is 16.6 Å². The number of pyridine rings is 1. The smallest absolute Gasteiger partial charge is 0.338 e. The zero-order chi connectivity index (χ0) is 26.0. The van der Waals surface area contributed by atoms with E-state index in [1.54, 1.807) is 49.4 Å². The second-order valence-corrected chi connectivity index (χ2v) is 8.10. The van der Waals surface area contributed by atoms with E-state index in [0.717, 1.165) is 10.1 Å². The zero-order valence-corrected chi connectivity index (χ0v) is 20.2. The second-order valence-electron chi connectivity index (χ2n) is 8.10. The lowest BCUT2D eigenvalue weighted by atomic mass is 10.1. The van der Waals surface area contributed by atoms with E-state index in [1.165, 1.54) is 24.9 Å². The first-order chi connectivity index (χ1) is 17.2. The number of nitrogens with zero attached hydrogens (tertiary/aromatic N) is 3. The highest BCUT2D eigenvalue weighted by Gasteiger charge is 2.24. The zero-order valence-electron chi connectivity index (χ0n) is 20.2. The van der Waals surface area contributed by atoms with Crippen LogP contribution in [0.2, 0.25) is 0 Å². The Bertz CT molecular complexity index is 1610. The quantitative estimate of drug-likeness (QED) is 0.414. The van der Waals surface area contributed by atoms with E-state index in [1.807, 2.05) is 13.0 Å². The van der Waals surface area contributed by atoms with Crippen LogP contribution in [-0.4, -0.2) is 40.2 Å². The lowest BCUT2D eigenvalue weighted by Crippen LogP contribution is -2.43. The summed E-state index contributed by atoms with van der Waals surface area (Å²) < 4.78 is 12.1. The molecule has 0 unspecified atom stereocenters. The lowest BCUT2D eigenvalue weighted by Gasteiger charge is -2.16. The summed E-state index contributed by atoms with van der Waals surface area (Å²) in [7, 11) is 2.66. The van der Waals surface area contributed by atoms with Crippen molar-refractivity contribution in [3.63, 3.8) is 0 Å². The minimum atomic E-state index is -0.832. The van der Waals surface area contributed by atoms with E-state index in [2.05, 4.69) is 10.3 Å². The van der Waals surface area contributed by atoms with Crippen LogP contribution in [0.25, 0.3) is 16.7 Å². The Kier molecular flexibility index (Phi) is 6.69. The molecular formula is C26H24N4O6. The van der Waals surface area contributed by atoms with Crippen LogP contribution in [0.4, 0.5) is 5.69 Å². The summed E-state index contributed by atoms with van der Waals surface area (Å²) in [6.45, 7) is 2.89. The van der Waals surface area contributed by atoms with Gasteiger partial charge in [0, 0.05) is 5.69 Å². The number of ether oxygens (including phenoxy) is 2. The van der Waals surface area contributed by atoms with Gasteiger partial charge in [0.15, 0.2) is 5.65 Å². The molecule has 4 aromatic rings. The number of amides is 1. The first-order valence-corrected chi connectivity index (χ1v) is 11.0. The number of hydrogen-bond donors (Lipinski definition) is 1. The molecule has 0 radical (unpaired) electrons. The molecule has 4 rings (SSSR count). The number of anilines is 1. The third kappa shape index (κ3) is 4.48. The fourth-order valence-corrected chi connectivity index (χ4v) is 3.94. The SMILES string of the molecule is COC(=O)c1cc(C)nc2c1c(=O)n(CC(=O)Nc1cc(C)ccc1OC)c(=O)n2-c1ccccc1. The molecule has 184 valence electrons. The number of fused-ring (bicyclic) bond motifs is 1. The van der Waals surface area contributed by atoms with Gasteiger partial charge in [0.2, 0.25) is 5.91 Å². The summed E-state index contributed by atoms with van der Waals surface area (Å²) in [4.78, 5) is 57.1. The number of methoxy groups -OCH3 is 2. The predicted octanol–water partition coefficient (Wildman–Crippen LogP) is 2.60. The number of para-hydroxylation sites is 1. The molecule has 2 heterocycles. The van der Waals surface area contributed by atoms with Gasteiger partial charge in [0.1, 0.15) is 12.3 Å². The van der Waals surface area contributed by atoms with Crippen LogP contribution >= 0.6 is 0 Å². The minimum absolute atomic E-state index is 0.00592. The van der Waals surface area contributed by atoms with Gasteiger partial charge in [-0.3, -0.25) is 9.59 Å². The molecule has 0 fully saturated rings. The van der Waals surface area contributed by atoms with E-state index in [0.29, 0.717) is 22.8 Å². The third-order valence-electron chi connectivity index (χ3n) is 5.57. The highest BCUT2D eigenvalue weighted by Crippen LogP contribution is 2.25. The minimum Gasteiger partial charge on any atom is -0.495 e. The number of rotatable bonds is 6. The van der Waals surface area contributed by atoms with Crippen LogP contribution in [0.3, 0.4) is 0 Å². The number of carbonyl (C=O) groups excluding carboxylic acids is 2. The number of esters is 1. The maximum Gasteiger partial charge on any atom is 0.338 e. The molecule has 10 nitrogen and oxygen atoms in total. The van der Waals surface area contributed by atoms with Crippen molar-refractivity contribution in [2.45, 2.75) is 20.4 Å². The van der Waals surface area contributed by atoms with Crippen molar-refractivity contribution in [3.8, 4) is 11.4 Å². The standard InChI is InChI=1S/C26H24N4O6/c1-15-10-11-20(35-3)19(12-15)28-21(31)14-29-24(32)22-18(25(33)36-4)13-16(2)27-23(22)30(26(29)34)17-8-6-5-7-9-17/h5-13H,14H2,1-4H3,(H,28,31). The molecule has 0 spiro atoms. The average Bonchev–Trinajstić information content (AvgIpc) is 2.86. The molecule has 0 atom stereocenters. The summed E-state index contributed by atoms with van der Waals surface area (Å²) in [6, 6.07) is 15.2. The van der Waals surface area contributed by atoms with Gasteiger partial charge in [-0.25, -0.2) is 23.7 Å². The first kappa shape index (κ1) is 24.4. The molecule has 2 aromatic carbocycles. The van der Waals surface area contributed by atoms with Crippen LogP contribution in [0.1, 0.15) is 21.6 Å². The summed E-state index contributed by atoms with van der Waals surface area (Å²) in [5, 5.41) is 2.56. The molecule has 0 aliphatic rings. The number of aryl methyl sites for hydroxylation is 2. The van der Waals surface area contributed by atoms with Gasteiger partial charge >= 0.3 is 11.7 Å². The molecule has 0 aliphatic heterocycles. The van der Waals surface area contributed by atoms with Gasteiger partial charge in [0.25, 0.3) is 5.56 Å². The van der Waals surface area contributed by atoms with Crippen LogP contribution in [0, 0.1) is 13.8 Å². The molecule has 1 amide bonds. The van der Waals surface area contributed by atoms with Gasteiger partial charge in [-0.05, 0) is 49.7 Å². The summed E-state index contributed by atoms with van der Waals surface area (Å²) in [5.41, 5.74) is 0.430. The largest absolute Gasteiger partial charge is 0.495 e. The van der Waals surface area contributed by atoms with Crippen molar-refractivity contribution >= 4 is 28.6 Å². The van der Waals surface area contributed by atoms with E-state index in [4.69, 9.17) is 9.47 Å². The molecule has 10 heteroatoms. The Morgan fingerprint density at radius 3 is 2.39 bits per heavy atom. The maximum atomic E-state index is 13.6. The Labute approximate surface area is 205 Å². The highest BCUT2D eigenvalue weighted by molar-refractivity contribution is 6.02. The van der Waals surface area contributed by atoms with Crippen molar-refractivity contribution in [1.82, 2.24) is 14.1 Å². The molecule has 0 aliphatic carbocycles. The van der Waals surface area contributed by atoms with Crippen LogP contribution in [-0.2, 0) is 16.1 Å². The fraction of sp³-hybridized carbons (Fsp3) is 0.192. The summed E-state index contributed by atoms with van der Waals surface area (Å²) >= 11 is 0. The van der Waals surface area contributed by atoms with Crippen LogP contribution in [0.5, 0.6) is 5.75 Å². The molecular weight excluding hydrogens is 464 g/mol. The topological polar surface area (TPSA) is 122 Å². The Morgan fingerprint density at radius 1 is 1.00 bits per heavy atom. The van der Waals surface area contributed by atoms with Crippen molar-refractivity contribution in [3.05, 3.63) is 92.3 Å². The third-order valence-corrected chi connectivity index (χ3v) is 5.57. The monoisotopic (exact) mass is 488 g/mol. The van der Waals surface area contributed by atoms with Crippen molar-refractivity contribution < 1.29 is 19.1 Å². The normalized spacial score (nSPS) is 10.8.